The summed E-state index contributed by atoms with van der Waals surface area (Å²) in [7, 11) is 1.73. The van der Waals surface area contributed by atoms with E-state index in [0.717, 1.165) is 27.5 Å². The van der Waals surface area contributed by atoms with E-state index in [-0.39, 0.29) is 16.6 Å². The van der Waals surface area contributed by atoms with Gasteiger partial charge in [-0.3, -0.25) is 0 Å². The van der Waals surface area contributed by atoms with Gasteiger partial charge in [0.15, 0.2) is 0 Å². The lowest BCUT2D eigenvalue weighted by atomic mass is 9.98. The Morgan fingerprint density at radius 2 is 1.79 bits per heavy atom. The Labute approximate surface area is 120 Å². The monoisotopic (exact) mass is 301 g/mol. The lowest BCUT2D eigenvalue weighted by Gasteiger charge is -2.18. The molecule has 0 aliphatic carbocycles. The number of nitrogens with one attached hydrogen (secondary N) is 1. The van der Waals surface area contributed by atoms with Crippen molar-refractivity contribution in [3.8, 4) is 0 Å². The molecule has 0 saturated carbocycles. The van der Waals surface area contributed by atoms with Gasteiger partial charge in [0.05, 0.1) is 11.1 Å². The molecular formula is C14H14ClF2NS. The van der Waals surface area contributed by atoms with Gasteiger partial charge in [-0.25, -0.2) is 8.78 Å². The van der Waals surface area contributed by atoms with Gasteiger partial charge in [-0.15, -0.1) is 11.3 Å². The summed E-state index contributed by atoms with van der Waals surface area (Å²) in [6, 6.07) is 3.79. The number of rotatable bonds is 3. The van der Waals surface area contributed by atoms with E-state index >= 15 is 0 Å². The standard InChI is InChI=1S/C14H14ClF2NS/c1-7-4-9(8(2)19-7)14(18-3)10-5-13(17)11(15)6-12(10)16/h4-6,14,18H,1-3H3. The predicted molar refractivity (Wildman–Crippen MR) is 76.1 cm³/mol. The van der Waals surface area contributed by atoms with Crippen LogP contribution in [0.15, 0.2) is 18.2 Å². The number of hydrogen-bond acceptors (Lipinski definition) is 2. The average Bonchev–Trinajstić information content (AvgIpc) is 2.66. The molecular weight excluding hydrogens is 288 g/mol. The number of hydrogen-bond donors (Lipinski definition) is 1. The van der Waals surface area contributed by atoms with Gasteiger partial charge in [0.2, 0.25) is 0 Å². The molecule has 0 aliphatic heterocycles. The molecule has 1 N–H and O–H groups in total. The molecule has 5 heteroatoms. The van der Waals surface area contributed by atoms with Crippen LogP contribution in [0, 0.1) is 25.5 Å². The van der Waals surface area contributed by atoms with Crippen LogP contribution in [0.4, 0.5) is 8.78 Å². The lowest BCUT2D eigenvalue weighted by Crippen LogP contribution is -2.19. The van der Waals surface area contributed by atoms with Crippen molar-refractivity contribution >= 4 is 22.9 Å². The zero-order valence-corrected chi connectivity index (χ0v) is 12.4. The van der Waals surface area contributed by atoms with Crippen molar-refractivity contribution in [2.75, 3.05) is 7.05 Å². The van der Waals surface area contributed by atoms with Crippen LogP contribution in [-0.4, -0.2) is 7.05 Å². The normalized spacial score (nSPS) is 12.7. The molecule has 0 amide bonds. The Bertz CT molecular complexity index is 610. The van der Waals surface area contributed by atoms with E-state index in [0.29, 0.717) is 0 Å². The minimum absolute atomic E-state index is 0.200. The van der Waals surface area contributed by atoms with Gasteiger partial charge in [-0.2, -0.15) is 0 Å². The second-order valence-corrected chi connectivity index (χ2v) is 6.25. The molecule has 1 atom stereocenters. The molecule has 1 nitrogen and oxygen atoms in total. The van der Waals surface area contributed by atoms with E-state index in [1.165, 1.54) is 0 Å². The molecule has 0 spiro atoms. The quantitative estimate of drug-likeness (QED) is 0.817. The molecule has 0 saturated heterocycles. The van der Waals surface area contributed by atoms with Gasteiger partial charge in [0.1, 0.15) is 11.6 Å². The first-order valence-electron chi connectivity index (χ1n) is 5.82. The van der Waals surface area contributed by atoms with Crippen molar-refractivity contribution in [3.63, 3.8) is 0 Å². The van der Waals surface area contributed by atoms with Crippen LogP contribution in [-0.2, 0) is 0 Å². The highest BCUT2D eigenvalue weighted by Crippen LogP contribution is 2.33. The fraction of sp³-hybridized carbons (Fsp3) is 0.286. The van der Waals surface area contributed by atoms with E-state index in [1.54, 1.807) is 18.4 Å². The highest BCUT2D eigenvalue weighted by atomic mass is 35.5. The summed E-state index contributed by atoms with van der Waals surface area (Å²) in [4.78, 5) is 2.23. The molecule has 0 bridgehead atoms. The first-order valence-corrected chi connectivity index (χ1v) is 7.02. The van der Waals surface area contributed by atoms with E-state index in [4.69, 9.17) is 11.6 Å². The van der Waals surface area contributed by atoms with Gasteiger partial charge in [-0.05, 0) is 44.7 Å². The molecule has 1 aromatic carbocycles. The van der Waals surface area contributed by atoms with Crippen LogP contribution in [0.3, 0.4) is 0 Å². The third-order valence-corrected chi connectivity index (χ3v) is 4.30. The number of aryl methyl sites for hydroxylation is 2. The summed E-state index contributed by atoms with van der Waals surface area (Å²) in [6.07, 6.45) is 0. The largest absolute Gasteiger partial charge is 0.309 e. The zero-order valence-electron chi connectivity index (χ0n) is 10.9. The second-order valence-electron chi connectivity index (χ2n) is 4.38. The van der Waals surface area contributed by atoms with E-state index in [1.807, 2.05) is 19.9 Å². The molecule has 0 fully saturated rings. The highest BCUT2D eigenvalue weighted by molar-refractivity contribution is 7.12. The summed E-state index contributed by atoms with van der Waals surface area (Å²) in [5.41, 5.74) is 1.23. The van der Waals surface area contributed by atoms with Crippen LogP contribution in [0.2, 0.25) is 5.02 Å². The van der Waals surface area contributed by atoms with Crippen molar-refractivity contribution in [2.45, 2.75) is 19.9 Å². The van der Waals surface area contributed by atoms with Crippen LogP contribution < -0.4 is 5.32 Å². The van der Waals surface area contributed by atoms with Gasteiger partial charge in [-0.1, -0.05) is 11.6 Å². The molecule has 102 valence electrons. The predicted octanol–water partition coefficient (Wildman–Crippen LogP) is 4.61. The Morgan fingerprint density at radius 3 is 2.32 bits per heavy atom. The molecule has 1 aromatic heterocycles. The maximum absolute atomic E-state index is 14.0. The first kappa shape index (κ1) is 14.4. The second kappa shape index (κ2) is 5.57. The van der Waals surface area contributed by atoms with E-state index in [2.05, 4.69) is 5.32 Å². The summed E-state index contributed by atoms with van der Waals surface area (Å²) >= 11 is 7.22. The Balaban J connectivity index is 2.54. The minimum Gasteiger partial charge on any atom is -0.309 e. The number of thiophene rings is 1. The van der Waals surface area contributed by atoms with Crippen LogP contribution in [0.5, 0.6) is 0 Å². The maximum Gasteiger partial charge on any atom is 0.142 e. The molecule has 0 radical (unpaired) electrons. The van der Waals surface area contributed by atoms with Crippen molar-refractivity contribution in [3.05, 3.63) is 55.7 Å². The van der Waals surface area contributed by atoms with Gasteiger partial charge < -0.3 is 5.32 Å². The van der Waals surface area contributed by atoms with Crippen LogP contribution >= 0.6 is 22.9 Å². The van der Waals surface area contributed by atoms with Gasteiger partial charge >= 0.3 is 0 Å². The summed E-state index contributed by atoms with van der Waals surface area (Å²) < 4.78 is 27.6. The molecule has 2 aromatic rings. The first-order chi connectivity index (χ1) is 8.93. The Morgan fingerprint density at radius 1 is 1.11 bits per heavy atom. The van der Waals surface area contributed by atoms with Crippen molar-refractivity contribution in [2.24, 2.45) is 0 Å². The van der Waals surface area contributed by atoms with Crippen molar-refractivity contribution in [1.82, 2.24) is 5.32 Å². The fourth-order valence-electron chi connectivity index (χ4n) is 2.17. The molecule has 1 heterocycles. The molecule has 1 unspecified atom stereocenters. The van der Waals surface area contributed by atoms with Gasteiger partial charge in [0, 0.05) is 15.3 Å². The number of benzene rings is 1. The molecule has 19 heavy (non-hydrogen) atoms. The summed E-state index contributed by atoms with van der Waals surface area (Å²) in [6.45, 7) is 3.97. The van der Waals surface area contributed by atoms with Crippen LogP contribution in [0.25, 0.3) is 0 Å². The fourth-order valence-corrected chi connectivity index (χ4v) is 3.29. The molecule has 2 rings (SSSR count). The Kier molecular flexibility index (Phi) is 4.23. The minimum atomic E-state index is -0.608. The highest BCUT2D eigenvalue weighted by Gasteiger charge is 2.21. The maximum atomic E-state index is 14.0. The topological polar surface area (TPSA) is 12.0 Å². The third kappa shape index (κ3) is 2.81. The van der Waals surface area contributed by atoms with Crippen LogP contribution in [0.1, 0.15) is 26.9 Å². The number of halogens is 3. The Hall–Kier alpha value is -0.970. The van der Waals surface area contributed by atoms with Gasteiger partial charge in [0.25, 0.3) is 0 Å². The average molecular weight is 302 g/mol. The van der Waals surface area contributed by atoms with E-state index in [9.17, 15) is 8.78 Å². The third-order valence-electron chi connectivity index (χ3n) is 3.03. The molecule has 0 aliphatic rings. The summed E-state index contributed by atoms with van der Waals surface area (Å²) in [5.74, 6) is -1.11. The summed E-state index contributed by atoms with van der Waals surface area (Å²) in [5, 5.41) is 2.83. The van der Waals surface area contributed by atoms with E-state index < -0.39 is 11.6 Å². The lowest BCUT2D eigenvalue weighted by molar-refractivity contribution is 0.558. The zero-order chi connectivity index (χ0) is 14.2. The SMILES string of the molecule is CNC(c1cc(F)c(Cl)cc1F)c1cc(C)sc1C. The van der Waals surface area contributed by atoms with Crippen molar-refractivity contribution < 1.29 is 8.78 Å². The van der Waals surface area contributed by atoms with Crippen molar-refractivity contribution in [1.29, 1.82) is 0 Å². The smallest absolute Gasteiger partial charge is 0.142 e.